The van der Waals surface area contributed by atoms with Crippen molar-refractivity contribution in [2.45, 2.75) is 45.1 Å². The van der Waals surface area contributed by atoms with Crippen molar-refractivity contribution in [3.05, 3.63) is 29.6 Å². The Morgan fingerprint density at radius 2 is 1.91 bits per heavy atom. The Morgan fingerprint density at radius 3 is 2.36 bits per heavy atom. The van der Waals surface area contributed by atoms with Gasteiger partial charge in [0.15, 0.2) is 0 Å². The Labute approximate surface area is 130 Å². The van der Waals surface area contributed by atoms with E-state index in [9.17, 15) is 9.59 Å². The second-order valence-electron chi connectivity index (χ2n) is 6.58. The van der Waals surface area contributed by atoms with Crippen molar-refractivity contribution in [2.24, 2.45) is 5.73 Å². The van der Waals surface area contributed by atoms with Crippen LogP contribution in [0, 0.1) is 0 Å². The predicted molar refractivity (Wildman–Crippen MR) is 82.5 cm³/mol. The Bertz CT molecular complexity index is 541. The van der Waals surface area contributed by atoms with Gasteiger partial charge in [-0.2, -0.15) is 0 Å². The summed E-state index contributed by atoms with van der Waals surface area (Å²) < 4.78 is 5.38. The van der Waals surface area contributed by atoms with Gasteiger partial charge in [-0.15, -0.1) is 0 Å². The minimum absolute atomic E-state index is 0.261. The van der Waals surface area contributed by atoms with Gasteiger partial charge < -0.3 is 15.4 Å². The number of carbonyl (C=O) groups excluding carboxylic acids is 2. The summed E-state index contributed by atoms with van der Waals surface area (Å²) in [5.41, 5.74) is 6.09. The van der Waals surface area contributed by atoms with Crippen molar-refractivity contribution in [1.29, 1.82) is 0 Å². The Hall–Kier alpha value is -2.11. The third-order valence-corrected chi connectivity index (χ3v) is 3.64. The van der Waals surface area contributed by atoms with Gasteiger partial charge >= 0.3 is 6.09 Å². The van der Waals surface area contributed by atoms with Crippen molar-refractivity contribution < 1.29 is 14.3 Å². The third-order valence-electron chi connectivity index (χ3n) is 3.64. The molecule has 0 saturated carbocycles. The number of nitrogens with zero attached hydrogens (tertiary/aromatic N) is 2. The summed E-state index contributed by atoms with van der Waals surface area (Å²) in [6, 6.07) is 3.54. The average molecular weight is 305 g/mol. The van der Waals surface area contributed by atoms with Crippen LogP contribution in [0.25, 0.3) is 0 Å². The highest BCUT2D eigenvalue weighted by molar-refractivity contribution is 5.92. The van der Waals surface area contributed by atoms with Gasteiger partial charge in [0.2, 0.25) is 5.91 Å². The third kappa shape index (κ3) is 4.19. The average Bonchev–Trinajstić information content (AvgIpc) is 2.46. The Morgan fingerprint density at radius 1 is 1.27 bits per heavy atom. The van der Waals surface area contributed by atoms with Crippen LogP contribution in [0.4, 0.5) is 4.79 Å². The number of pyridine rings is 1. The van der Waals surface area contributed by atoms with Gasteiger partial charge in [0.1, 0.15) is 5.60 Å². The van der Waals surface area contributed by atoms with E-state index in [1.165, 1.54) is 6.20 Å². The van der Waals surface area contributed by atoms with Crippen LogP contribution in [0.2, 0.25) is 0 Å². The summed E-state index contributed by atoms with van der Waals surface area (Å²) >= 11 is 0. The van der Waals surface area contributed by atoms with E-state index in [4.69, 9.17) is 10.5 Å². The first-order valence-electron chi connectivity index (χ1n) is 7.50. The fourth-order valence-corrected chi connectivity index (χ4v) is 2.48. The fraction of sp³-hybridized carbons (Fsp3) is 0.562. The van der Waals surface area contributed by atoms with Crippen molar-refractivity contribution in [1.82, 2.24) is 9.88 Å². The lowest BCUT2D eigenvalue weighted by atomic mass is 9.93. The molecule has 0 unspecified atom stereocenters. The highest BCUT2D eigenvalue weighted by atomic mass is 16.6. The molecule has 0 bridgehead atoms. The van der Waals surface area contributed by atoms with Crippen LogP contribution in [0.5, 0.6) is 0 Å². The minimum Gasteiger partial charge on any atom is -0.444 e. The molecule has 6 nitrogen and oxygen atoms in total. The van der Waals surface area contributed by atoms with Gasteiger partial charge in [-0.1, -0.05) is 0 Å². The molecular formula is C16H23N3O3. The standard InChI is InChI=1S/C16H23N3O3/c1-16(2,3)22-15(21)19-8-6-11(7-9-19)13-5-4-12(10-18-13)14(17)20/h4-5,10-11H,6-9H2,1-3H3,(H2,17,20). The molecule has 0 aliphatic carbocycles. The number of primary amides is 1. The Balaban J connectivity index is 1.91. The van der Waals surface area contributed by atoms with E-state index in [2.05, 4.69) is 4.98 Å². The molecule has 22 heavy (non-hydrogen) atoms. The zero-order chi connectivity index (χ0) is 16.3. The van der Waals surface area contributed by atoms with E-state index in [1.807, 2.05) is 26.8 Å². The minimum atomic E-state index is -0.473. The number of hydrogen-bond donors (Lipinski definition) is 1. The first-order valence-corrected chi connectivity index (χ1v) is 7.50. The topological polar surface area (TPSA) is 85.5 Å². The molecule has 0 atom stereocenters. The first-order chi connectivity index (χ1) is 10.3. The summed E-state index contributed by atoms with van der Waals surface area (Å²) in [6.45, 7) is 6.89. The van der Waals surface area contributed by atoms with Gasteiger partial charge in [-0.3, -0.25) is 9.78 Å². The largest absolute Gasteiger partial charge is 0.444 e. The number of ether oxygens (including phenoxy) is 1. The zero-order valence-corrected chi connectivity index (χ0v) is 13.3. The van der Waals surface area contributed by atoms with Crippen LogP contribution in [0.3, 0.4) is 0 Å². The van der Waals surface area contributed by atoms with Crippen molar-refractivity contribution >= 4 is 12.0 Å². The molecule has 1 fully saturated rings. The van der Waals surface area contributed by atoms with Gasteiger partial charge in [0.05, 0.1) is 5.56 Å². The van der Waals surface area contributed by atoms with E-state index in [1.54, 1.807) is 11.0 Å². The molecule has 120 valence electrons. The molecule has 1 saturated heterocycles. The maximum absolute atomic E-state index is 12.0. The van der Waals surface area contributed by atoms with E-state index < -0.39 is 11.5 Å². The zero-order valence-electron chi connectivity index (χ0n) is 13.3. The summed E-state index contributed by atoms with van der Waals surface area (Å²) in [5.74, 6) is -0.181. The van der Waals surface area contributed by atoms with Crippen LogP contribution in [0.1, 0.15) is 55.6 Å². The number of carbonyl (C=O) groups is 2. The lowest BCUT2D eigenvalue weighted by Crippen LogP contribution is -2.41. The molecule has 2 N–H and O–H groups in total. The van der Waals surface area contributed by atoms with E-state index in [0.29, 0.717) is 24.6 Å². The maximum Gasteiger partial charge on any atom is 0.410 e. The summed E-state index contributed by atoms with van der Waals surface area (Å²) in [6.07, 6.45) is 2.92. The lowest BCUT2D eigenvalue weighted by Gasteiger charge is -2.33. The highest BCUT2D eigenvalue weighted by Gasteiger charge is 2.27. The molecule has 1 aromatic rings. The number of likely N-dealkylation sites (tertiary alicyclic amines) is 1. The van der Waals surface area contributed by atoms with Gasteiger partial charge in [0, 0.05) is 30.9 Å². The lowest BCUT2D eigenvalue weighted by molar-refractivity contribution is 0.0204. The molecule has 0 radical (unpaired) electrons. The second-order valence-corrected chi connectivity index (χ2v) is 6.58. The molecule has 0 aromatic carbocycles. The van der Waals surface area contributed by atoms with Crippen LogP contribution in [-0.4, -0.2) is 40.6 Å². The monoisotopic (exact) mass is 305 g/mol. The number of piperidine rings is 1. The number of amides is 2. The van der Waals surface area contributed by atoms with E-state index >= 15 is 0 Å². The fourth-order valence-electron chi connectivity index (χ4n) is 2.48. The van der Waals surface area contributed by atoms with Crippen LogP contribution >= 0.6 is 0 Å². The van der Waals surface area contributed by atoms with Gasteiger partial charge in [-0.05, 0) is 45.7 Å². The summed E-state index contributed by atoms with van der Waals surface area (Å²) in [4.78, 5) is 29.1. The van der Waals surface area contributed by atoms with Gasteiger partial charge in [0.25, 0.3) is 0 Å². The molecule has 0 spiro atoms. The first kappa shape index (κ1) is 16.3. The Kier molecular flexibility index (Phi) is 4.68. The van der Waals surface area contributed by atoms with Crippen LogP contribution in [-0.2, 0) is 4.74 Å². The predicted octanol–water partition coefficient (Wildman–Crippen LogP) is 2.30. The van der Waals surface area contributed by atoms with Crippen LogP contribution in [0.15, 0.2) is 18.3 Å². The summed E-state index contributed by atoms with van der Waals surface area (Å²) in [7, 11) is 0. The smallest absolute Gasteiger partial charge is 0.410 e. The quantitative estimate of drug-likeness (QED) is 0.908. The molecule has 1 aliphatic heterocycles. The molecule has 2 amide bonds. The number of nitrogens with two attached hydrogens (primary N) is 1. The van der Waals surface area contributed by atoms with Crippen molar-refractivity contribution in [3.63, 3.8) is 0 Å². The molecule has 1 aromatic heterocycles. The number of aromatic nitrogens is 1. The summed E-state index contributed by atoms with van der Waals surface area (Å²) in [5, 5.41) is 0. The highest BCUT2D eigenvalue weighted by Crippen LogP contribution is 2.27. The maximum atomic E-state index is 12.0. The number of hydrogen-bond acceptors (Lipinski definition) is 4. The molecule has 2 heterocycles. The molecule has 1 aliphatic rings. The SMILES string of the molecule is CC(C)(C)OC(=O)N1CCC(c2ccc(C(N)=O)cn2)CC1. The second kappa shape index (κ2) is 6.34. The van der Waals surface area contributed by atoms with Crippen LogP contribution < -0.4 is 5.73 Å². The normalized spacial score (nSPS) is 16.4. The van der Waals surface area contributed by atoms with Crippen molar-refractivity contribution in [2.75, 3.05) is 13.1 Å². The van der Waals surface area contributed by atoms with Gasteiger partial charge in [-0.25, -0.2) is 4.79 Å². The molecular weight excluding hydrogens is 282 g/mol. The van der Waals surface area contributed by atoms with E-state index in [-0.39, 0.29) is 6.09 Å². The van der Waals surface area contributed by atoms with E-state index in [0.717, 1.165) is 18.5 Å². The number of rotatable bonds is 2. The van der Waals surface area contributed by atoms with Crippen molar-refractivity contribution in [3.8, 4) is 0 Å². The molecule has 6 heteroatoms. The molecule has 2 rings (SSSR count).